The van der Waals surface area contributed by atoms with Crippen LogP contribution in [0.25, 0.3) is 0 Å². The van der Waals surface area contributed by atoms with Gasteiger partial charge in [0.05, 0.1) is 11.4 Å². The summed E-state index contributed by atoms with van der Waals surface area (Å²) in [4.78, 5) is 7.99. The number of anilines is 2. The third-order valence-electron chi connectivity index (χ3n) is 7.55. The molecule has 0 unspecified atom stereocenters. The summed E-state index contributed by atoms with van der Waals surface area (Å²) in [6, 6.07) is 31.3. The molecule has 35 heavy (non-hydrogen) atoms. The summed E-state index contributed by atoms with van der Waals surface area (Å²) in [5.41, 5.74) is 8.05. The number of hydrogen-bond acceptors (Lipinski definition) is 4. The van der Waals surface area contributed by atoms with Crippen molar-refractivity contribution >= 4 is 58.0 Å². The average molecular weight is 487 g/mol. The fraction of sp³-hybridized carbons (Fsp3) is 0.133. The van der Waals surface area contributed by atoms with Gasteiger partial charge in [0.2, 0.25) is 6.71 Å². The molecule has 4 aliphatic rings. The van der Waals surface area contributed by atoms with E-state index >= 15 is 0 Å². The summed E-state index contributed by atoms with van der Waals surface area (Å²) in [6.45, 7) is 0.297. The first-order chi connectivity index (χ1) is 17.3. The lowest BCUT2D eigenvalue weighted by Gasteiger charge is -2.38. The fourth-order valence-corrected chi connectivity index (χ4v) is 8.45. The van der Waals surface area contributed by atoms with E-state index in [0.717, 1.165) is 30.0 Å². The average Bonchev–Trinajstić information content (AvgIpc) is 2.91. The third-order valence-corrected chi connectivity index (χ3v) is 9.87. The molecule has 0 aromatic heterocycles. The lowest BCUT2D eigenvalue weighted by molar-refractivity contribution is 0.363. The molecule has 0 spiro atoms. The normalized spacial score (nSPS) is 17.0. The number of fused-ring (bicyclic) bond motifs is 5. The van der Waals surface area contributed by atoms with Crippen LogP contribution in [0.4, 0.5) is 11.4 Å². The maximum Gasteiger partial charge on any atom is 0.247 e. The Labute approximate surface area is 214 Å². The van der Waals surface area contributed by atoms with Gasteiger partial charge in [-0.25, -0.2) is 0 Å². The van der Waals surface area contributed by atoms with E-state index in [-0.39, 0.29) is 0 Å². The Kier molecular flexibility index (Phi) is 4.47. The van der Waals surface area contributed by atoms with Crippen molar-refractivity contribution in [3.05, 3.63) is 96.4 Å². The van der Waals surface area contributed by atoms with Crippen molar-refractivity contribution < 1.29 is 4.74 Å². The quantitative estimate of drug-likeness (QED) is 0.247. The molecule has 3 heterocycles. The lowest BCUT2D eigenvalue weighted by Crippen LogP contribution is -2.57. The molecule has 2 nitrogen and oxygen atoms in total. The number of ether oxygens (including phenoxy) is 1. The molecule has 0 radical (unpaired) electrons. The number of allylic oxidation sites excluding steroid dienone is 2. The Morgan fingerprint density at radius 3 is 2.37 bits per heavy atom. The van der Waals surface area contributed by atoms with E-state index in [2.05, 4.69) is 89.8 Å². The van der Waals surface area contributed by atoms with Gasteiger partial charge in [0, 0.05) is 31.7 Å². The highest BCUT2D eigenvalue weighted by Crippen LogP contribution is 2.47. The van der Waals surface area contributed by atoms with Gasteiger partial charge in [0.25, 0.3) is 0 Å². The van der Waals surface area contributed by atoms with Crippen molar-refractivity contribution in [2.24, 2.45) is 0 Å². The smallest absolute Gasteiger partial charge is 0.247 e. The highest BCUT2D eigenvalue weighted by Gasteiger charge is 2.38. The van der Waals surface area contributed by atoms with Crippen molar-refractivity contribution in [3.8, 4) is 5.75 Å². The van der Waals surface area contributed by atoms with E-state index in [4.69, 9.17) is 4.74 Å². The molecule has 0 fully saturated rings. The molecule has 5 heteroatoms. The van der Waals surface area contributed by atoms with Gasteiger partial charge in [0.1, 0.15) is 5.76 Å². The molecular weight excluding hydrogens is 465 g/mol. The van der Waals surface area contributed by atoms with Gasteiger partial charge in [-0.15, -0.1) is 0 Å². The van der Waals surface area contributed by atoms with Crippen molar-refractivity contribution in [2.75, 3.05) is 4.90 Å². The van der Waals surface area contributed by atoms with Crippen LogP contribution < -0.4 is 26.0 Å². The maximum atomic E-state index is 6.37. The van der Waals surface area contributed by atoms with E-state index in [9.17, 15) is 0 Å². The van der Waals surface area contributed by atoms with Crippen LogP contribution in [-0.4, -0.2) is 6.71 Å². The van der Waals surface area contributed by atoms with Gasteiger partial charge in [-0.3, -0.25) is 0 Å². The summed E-state index contributed by atoms with van der Waals surface area (Å²) < 4.78 is 6.37. The van der Waals surface area contributed by atoms with E-state index in [1.807, 2.05) is 23.5 Å². The van der Waals surface area contributed by atoms with Gasteiger partial charge < -0.3 is 9.64 Å². The first kappa shape index (κ1) is 20.2. The largest absolute Gasteiger partial charge is 0.458 e. The zero-order valence-electron chi connectivity index (χ0n) is 19.2. The molecule has 0 amide bonds. The Morgan fingerprint density at radius 1 is 0.686 bits per heavy atom. The molecule has 4 aromatic rings. The predicted octanol–water partition coefficient (Wildman–Crippen LogP) is 6.45. The molecule has 3 aliphatic heterocycles. The molecule has 0 bridgehead atoms. The minimum Gasteiger partial charge on any atom is -0.458 e. The molecule has 168 valence electrons. The summed E-state index contributed by atoms with van der Waals surface area (Å²) >= 11 is 3.84. The molecule has 0 saturated heterocycles. The Balaban J connectivity index is 1.31. The minimum absolute atomic E-state index is 0.297. The standard InChI is InChI=1S/C30H22BNOS2/c1-6-13-26-20(8-1)31-21-17-16-19(18-29(21)35-28-15-7-14-27(34-26)30(28)31)32-22-9-2-4-11-24(22)33-25-12-5-3-10-23(25)32/h1-2,4,6-9,11,13-18H,3,5,10,12H2. The number of para-hydroxylation sites is 2. The minimum atomic E-state index is 0.297. The summed E-state index contributed by atoms with van der Waals surface area (Å²) in [5.74, 6) is 2.11. The topological polar surface area (TPSA) is 12.5 Å². The highest BCUT2D eigenvalue weighted by molar-refractivity contribution is 8.01. The van der Waals surface area contributed by atoms with Crippen LogP contribution in [0.1, 0.15) is 25.7 Å². The Morgan fingerprint density at radius 2 is 1.43 bits per heavy atom. The Hall–Kier alpha value is -3.02. The summed E-state index contributed by atoms with van der Waals surface area (Å²) in [6.07, 6.45) is 4.50. The van der Waals surface area contributed by atoms with Crippen molar-refractivity contribution in [3.63, 3.8) is 0 Å². The van der Waals surface area contributed by atoms with Crippen LogP contribution in [0.15, 0.2) is 116 Å². The molecular formula is C30H22BNOS2. The van der Waals surface area contributed by atoms with Crippen LogP contribution >= 0.6 is 23.5 Å². The highest BCUT2D eigenvalue weighted by atomic mass is 32.2. The molecule has 1 aliphatic carbocycles. The Bertz CT molecular complexity index is 1560. The predicted molar refractivity (Wildman–Crippen MR) is 147 cm³/mol. The second kappa shape index (κ2) is 7.74. The van der Waals surface area contributed by atoms with E-state index < -0.39 is 0 Å². The second-order valence-corrected chi connectivity index (χ2v) is 11.7. The summed E-state index contributed by atoms with van der Waals surface area (Å²) in [7, 11) is 0. The van der Waals surface area contributed by atoms with E-state index in [1.165, 1.54) is 60.2 Å². The van der Waals surface area contributed by atoms with Crippen LogP contribution in [0.2, 0.25) is 0 Å². The van der Waals surface area contributed by atoms with Gasteiger partial charge in [0.15, 0.2) is 5.75 Å². The zero-order chi connectivity index (χ0) is 22.9. The number of rotatable bonds is 1. The third kappa shape index (κ3) is 3.01. The zero-order valence-corrected chi connectivity index (χ0v) is 20.8. The lowest BCUT2D eigenvalue weighted by atomic mass is 9.36. The fourth-order valence-electron chi connectivity index (χ4n) is 6.01. The SMILES string of the molecule is c1ccc2c(c1)OC1=C(CCCC1)N2c1ccc2c(c1)Sc1cccc3c1B2c1ccccc1S3. The van der Waals surface area contributed by atoms with Crippen LogP contribution in [0.3, 0.4) is 0 Å². The second-order valence-electron chi connectivity index (χ2n) is 9.55. The number of nitrogens with zero attached hydrogens (tertiary/aromatic N) is 1. The van der Waals surface area contributed by atoms with Crippen LogP contribution in [0.5, 0.6) is 5.75 Å². The molecule has 4 aromatic carbocycles. The molecule has 0 atom stereocenters. The number of hydrogen-bond donors (Lipinski definition) is 0. The van der Waals surface area contributed by atoms with Gasteiger partial charge in [-0.1, -0.05) is 76.9 Å². The van der Waals surface area contributed by atoms with Crippen molar-refractivity contribution in [1.29, 1.82) is 0 Å². The van der Waals surface area contributed by atoms with Crippen LogP contribution in [0, 0.1) is 0 Å². The monoisotopic (exact) mass is 487 g/mol. The van der Waals surface area contributed by atoms with Gasteiger partial charge in [-0.2, -0.15) is 0 Å². The van der Waals surface area contributed by atoms with Gasteiger partial charge in [-0.05, 0) is 67.2 Å². The number of benzene rings is 4. The van der Waals surface area contributed by atoms with E-state index in [0.29, 0.717) is 6.71 Å². The molecule has 0 N–H and O–H groups in total. The van der Waals surface area contributed by atoms with Crippen LogP contribution in [-0.2, 0) is 0 Å². The van der Waals surface area contributed by atoms with Gasteiger partial charge >= 0.3 is 0 Å². The van der Waals surface area contributed by atoms with Crippen molar-refractivity contribution in [2.45, 2.75) is 45.3 Å². The van der Waals surface area contributed by atoms with Crippen molar-refractivity contribution in [1.82, 2.24) is 0 Å². The first-order valence-electron chi connectivity index (χ1n) is 12.4. The molecule has 8 rings (SSSR count). The first-order valence-corrected chi connectivity index (χ1v) is 14.0. The maximum absolute atomic E-state index is 6.37. The summed E-state index contributed by atoms with van der Waals surface area (Å²) in [5, 5.41) is 0. The molecule has 0 saturated carbocycles. The van der Waals surface area contributed by atoms with E-state index in [1.54, 1.807) is 0 Å².